The first-order valence-electron chi connectivity index (χ1n) is 8.15. The van der Waals surface area contributed by atoms with E-state index in [0.717, 1.165) is 32.4 Å². The summed E-state index contributed by atoms with van der Waals surface area (Å²) in [4.78, 5) is 2.24. The smallest absolute Gasteiger partial charge is 0.118 e. The van der Waals surface area contributed by atoms with Crippen LogP contribution in [0.4, 0.5) is 0 Å². The number of fused-ring (bicyclic) bond motifs is 1. The van der Waals surface area contributed by atoms with Crippen LogP contribution in [0, 0.1) is 0 Å². The second kappa shape index (κ2) is 6.64. The predicted molar refractivity (Wildman–Crippen MR) is 91.1 cm³/mol. The van der Waals surface area contributed by atoms with Crippen LogP contribution in [-0.2, 0) is 16.8 Å². The molecular formula is C20H25NO. The number of nitrogens with zero attached hydrogens (tertiary/aromatic N) is 1. The monoisotopic (exact) mass is 295 g/mol. The Balaban J connectivity index is 2.01. The van der Waals surface area contributed by atoms with E-state index in [1.807, 2.05) is 0 Å². The number of rotatable bonds is 5. The van der Waals surface area contributed by atoms with Crippen molar-refractivity contribution in [3.8, 4) is 0 Å². The van der Waals surface area contributed by atoms with Crippen LogP contribution >= 0.6 is 0 Å². The molecule has 1 unspecified atom stereocenters. The van der Waals surface area contributed by atoms with E-state index >= 15 is 0 Å². The van der Waals surface area contributed by atoms with Crippen LogP contribution in [0.15, 0.2) is 54.6 Å². The van der Waals surface area contributed by atoms with Gasteiger partial charge in [-0.25, -0.2) is 0 Å². The minimum Gasteiger partial charge on any atom is -0.365 e. The first-order chi connectivity index (χ1) is 10.7. The van der Waals surface area contributed by atoms with Crippen molar-refractivity contribution in [3.63, 3.8) is 0 Å². The molecule has 0 N–H and O–H groups in total. The lowest BCUT2D eigenvalue weighted by Crippen LogP contribution is -2.37. The van der Waals surface area contributed by atoms with Gasteiger partial charge in [0.2, 0.25) is 0 Å². The Morgan fingerprint density at radius 1 is 1.00 bits per heavy atom. The van der Waals surface area contributed by atoms with E-state index < -0.39 is 0 Å². The maximum absolute atomic E-state index is 6.44. The Labute approximate surface area is 133 Å². The van der Waals surface area contributed by atoms with Gasteiger partial charge in [-0.15, -0.1) is 0 Å². The molecule has 2 aromatic rings. The van der Waals surface area contributed by atoms with Crippen molar-refractivity contribution in [2.75, 3.05) is 27.2 Å². The van der Waals surface area contributed by atoms with E-state index in [4.69, 9.17) is 4.74 Å². The summed E-state index contributed by atoms with van der Waals surface area (Å²) in [5, 5.41) is 0. The third-order valence-electron chi connectivity index (χ3n) is 4.55. The predicted octanol–water partition coefficient (Wildman–Crippen LogP) is 3.84. The molecular weight excluding hydrogens is 270 g/mol. The molecule has 1 aliphatic rings. The van der Waals surface area contributed by atoms with Gasteiger partial charge in [-0.1, -0.05) is 54.6 Å². The Morgan fingerprint density at radius 2 is 1.73 bits per heavy atom. The molecule has 2 aromatic carbocycles. The summed E-state index contributed by atoms with van der Waals surface area (Å²) in [5.41, 5.74) is 3.78. The van der Waals surface area contributed by atoms with Crippen molar-refractivity contribution in [1.29, 1.82) is 0 Å². The summed E-state index contributed by atoms with van der Waals surface area (Å²) >= 11 is 0. The SMILES string of the molecule is CN(C)CCCC1(c2ccccc2)OCCc2ccccc21. The lowest BCUT2D eigenvalue weighted by atomic mass is 9.78. The number of hydrogen-bond acceptors (Lipinski definition) is 2. The standard InChI is InChI=1S/C20H25NO/c1-21(2)15-8-14-20(18-10-4-3-5-11-18)19-12-7-6-9-17(19)13-16-22-20/h3-7,9-12H,8,13-16H2,1-2H3. The Hall–Kier alpha value is -1.64. The zero-order valence-electron chi connectivity index (χ0n) is 13.6. The Bertz CT molecular complexity index is 608. The molecule has 0 spiro atoms. The number of hydrogen-bond donors (Lipinski definition) is 0. The van der Waals surface area contributed by atoms with Crippen molar-refractivity contribution < 1.29 is 4.74 Å². The fourth-order valence-corrected chi connectivity index (χ4v) is 3.49. The molecule has 0 saturated carbocycles. The molecule has 1 heterocycles. The van der Waals surface area contributed by atoms with Gasteiger partial charge in [-0.05, 0) is 56.6 Å². The minimum atomic E-state index is -0.286. The van der Waals surface area contributed by atoms with E-state index in [1.165, 1.54) is 16.7 Å². The van der Waals surface area contributed by atoms with Gasteiger partial charge in [0.05, 0.1) is 6.61 Å². The summed E-state index contributed by atoms with van der Waals surface area (Å²) < 4.78 is 6.44. The Morgan fingerprint density at radius 3 is 2.50 bits per heavy atom. The van der Waals surface area contributed by atoms with Crippen LogP contribution in [0.2, 0.25) is 0 Å². The first kappa shape index (κ1) is 15.3. The lowest BCUT2D eigenvalue weighted by Gasteiger charge is -2.40. The van der Waals surface area contributed by atoms with Gasteiger partial charge in [0, 0.05) is 0 Å². The third-order valence-corrected chi connectivity index (χ3v) is 4.55. The average molecular weight is 295 g/mol. The molecule has 0 aliphatic carbocycles. The number of ether oxygens (including phenoxy) is 1. The highest BCUT2D eigenvalue weighted by Gasteiger charge is 2.38. The summed E-state index contributed by atoms with van der Waals surface area (Å²) in [6.07, 6.45) is 3.15. The molecule has 0 radical (unpaired) electrons. The molecule has 1 atom stereocenters. The van der Waals surface area contributed by atoms with Crippen molar-refractivity contribution in [2.45, 2.75) is 24.9 Å². The van der Waals surface area contributed by atoms with Gasteiger partial charge in [-0.2, -0.15) is 0 Å². The zero-order chi connectivity index (χ0) is 15.4. The van der Waals surface area contributed by atoms with Crippen molar-refractivity contribution in [3.05, 3.63) is 71.3 Å². The van der Waals surface area contributed by atoms with Crippen molar-refractivity contribution in [2.24, 2.45) is 0 Å². The maximum Gasteiger partial charge on any atom is 0.118 e. The highest BCUT2D eigenvalue weighted by atomic mass is 16.5. The van der Waals surface area contributed by atoms with Crippen LogP contribution < -0.4 is 0 Å². The number of benzene rings is 2. The highest BCUT2D eigenvalue weighted by molar-refractivity contribution is 5.42. The zero-order valence-corrected chi connectivity index (χ0v) is 13.6. The van der Waals surface area contributed by atoms with Crippen LogP contribution in [-0.4, -0.2) is 32.1 Å². The van der Waals surface area contributed by atoms with E-state index in [1.54, 1.807) is 0 Å². The molecule has 2 nitrogen and oxygen atoms in total. The van der Waals surface area contributed by atoms with Gasteiger partial charge in [0.25, 0.3) is 0 Å². The van der Waals surface area contributed by atoms with Gasteiger partial charge in [0.15, 0.2) is 0 Å². The van der Waals surface area contributed by atoms with Gasteiger partial charge < -0.3 is 9.64 Å². The topological polar surface area (TPSA) is 12.5 Å². The minimum absolute atomic E-state index is 0.286. The van der Waals surface area contributed by atoms with Crippen LogP contribution in [0.25, 0.3) is 0 Å². The largest absolute Gasteiger partial charge is 0.365 e. The van der Waals surface area contributed by atoms with E-state index in [9.17, 15) is 0 Å². The summed E-state index contributed by atoms with van der Waals surface area (Å²) in [7, 11) is 4.26. The molecule has 0 amide bonds. The molecule has 0 bridgehead atoms. The fourth-order valence-electron chi connectivity index (χ4n) is 3.49. The molecule has 0 fully saturated rings. The van der Waals surface area contributed by atoms with Gasteiger partial charge >= 0.3 is 0 Å². The normalized spacial score (nSPS) is 20.9. The Kier molecular flexibility index (Phi) is 4.60. The van der Waals surface area contributed by atoms with Crippen molar-refractivity contribution >= 4 is 0 Å². The van der Waals surface area contributed by atoms with Crippen LogP contribution in [0.3, 0.4) is 0 Å². The second-order valence-corrected chi connectivity index (χ2v) is 6.36. The molecule has 2 heteroatoms. The molecule has 0 aromatic heterocycles. The lowest BCUT2D eigenvalue weighted by molar-refractivity contribution is -0.0367. The molecule has 0 saturated heterocycles. The van der Waals surface area contributed by atoms with Crippen LogP contribution in [0.5, 0.6) is 0 Å². The molecule has 3 rings (SSSR count). The summed E-state index contributed by atoms with van der Waals surface area (Å²) in [5.74, 6) is 0. The molecule has 116 valence electrons. The quantitative estimate of drug-likeness (QED) is 0.831. The first-order valence-corrected chi connectivity index (χ1v) is 8.15. The highest BCUT2D eigenvalue weighted by Crippen LogP contribution is 2.42. The van der Waals surface area contributed by atoms with E-state index in [0.29, 0.717) is 0 Å². The van der Waals surface area contributed by atoms with Crippen LogP contribution in [0.1, 0.15) is 29.5 Å². The second-order valence-electron chi connectivity index (χ2n) is 6.36. The third kappa shape index (κ3) is 2.94. The maximum atomic E-state index is 6.44. The summed E-state index contributed by atoms with van der Waals surface area (Å²) in [6, 6.07) is 19.5. The molecule has 1 aliphatic heterocycles. The van der Waals surface area contributed by atoms with E-state index in [2.05, 4.69) is 73.6 Å². The van der Waals surface area contributed by atoms with Gasteiger partial charge in [0.1, 0.15) is 5.60 Å². The molecule has 22 heavy (non-hydrogen) atoms. The van der Waals surface area contributed by atoms with Gasteiger partial charge in [-0.3, -0.25) is 0 Å². The van der Waals surface area contributed by atoms with Crippen molar-refractivity contribution in [1.82, 2.24) is 4.90 Å². The fraction of sp³-hybridized carbons (Fsp3) is 0.400. The average Bonchev–Trinajstić information content (AvgIpc) is 2.55. The van der Waals surface area contributed by atoms with E-state index in [-0.39, 0.29) is 5.60 Å². The summed E-state index contributed by atoms with van der Waals surface area (Å²) in [6.45, 7) is 1.88.